The van der Waals surface area contributed by atoms with Gasteiger partial charge in [-0.15, -0.1) is 0 Å². The lowest BCUT2D eigenvalue weighted by atomic mass is 10.1. The summed E-state index contributed by atoms with van der Waals surface area (Å²) in [5.74, 6) is -0.516. The van der Waals surface area contributed by atoms with Gasteiger partial charge in [0.25, 0.3) is 15.9 Å². The molecule has 3 aromatic rings. The highest BCUT2D eigenvalue weighted by atomic mass is 32.2. The molecule has 1 heterocycles. The van der Waals surface area contributed by atoms with E-state index in [1.165, 1.54) is 28.7 Å². The lowest BCUT2D eigenvalue weighted by Crippen LogP contribution is -2.31. The predicted octanol–water partition coefficient (Wildman–Crippen LogP) is 3.21. The number of aromatic amines is 1. The molecule has 0 fully saturated rings. The number of aromatic nitrogens is 1. The fourth-order valence-electron chi connectivity index (χ4n) is 3.54. The number of nitrogens with one attached hydrogen (secondary N) is 2. The van der Waals surface area contributed by atoms with E-state index >= 15 is 0 Å². The number of benzene rings is 2. The van der Waals surface area contributed by atoms with Crippen LogP contribution in [0.5, 0.6) is 0 Å². The van der Waals surface area contributed by atoms with Crippen molar-refractivity contribution >= 4 is 32.5 Å². The molecule has 0 aliphatic carbocycles. The van der Waals surface area contributed by atoms with E-state index in [0.717, 1.165) is 5.56 Å². The first-order valence-corrected chi connectivity index (χ1v) is 12.3. The Bertz CT molecular complexity index is 1300. The summed E-state index contributed by atoms with van der Waals surface area (Å²) in [7, 11) is -3.92. The van der Waals surface area contributed by atoms with Gasteiger partial charge < -0.3 is 15.0 Å². The molecular formula is C24H29N3O5S. The lowest BCUT2D eigenvalue weighted by Gasteiger charge is -2.23. The third-order valence-corrected chi connectivity index (χ3v) is 7.12. The largest absolute Gasteiger partial charge is 0.382 e. The topological polar surface area (TPSA) is 109 Å². The van der Waals surface area contributed by atoms with Gasteiger partial charge in [0.1, 0.15) is 5.56 Å². The van der Waals surface area contributed by atoms with Gasteiger partial charge in [0.2, 0.25) is 5.43 Å². The number of amides is 1. The van der Waals surface area contributed by atoms with Crippen molar-refractivity contribution in [1.82, 2.24) is 10.3 Å². The van der Waals surface area contributed by atoms with Crippen LogP contribution in [0, 0.1) is 6.92 Å². The van der Waals surface area contributed by atoms with E-state index in [1.54, 1.807) is 25.1 Å². The average Bonchev–Trinajstić information content (AvgIpc) is 2.79. The quantitative estimate of drug-likeness (QED) is 0.442. The van der Waals surface area contributed by atoms with Crippen molar-refractivity contribution in [3.8, 4) is 0 Å². The maximum Gasteiger partial charge on any atom is 0.264 e. The maximum absolute atomic E-state index is 13.4. The summed E-state index contributed by atoms with van der Waals surface area (Å²) in [5.41, 5.74) is 1.34. The second kappa shape index (κ2) is 10.6. The molecule has 0 saturated carbocycles. The zero-order chi connectivity index (χ0) is 24.0. The first-order valence-electron chi connectivity index (χ1n) is 10.9. The first-order chi connectivity index (χ1) is 15.8. The maximum atomic E-state index is 13.4. The number of carbonyl (C=O) groups excluding carboxylic acids is 1. The van der Waals surface area contributed by atoms with Gasteiger partial charge in [0.05, 0.1) is 10.6 Å². The molecule has 3 rings (SSSR count). The molecule has 176 valence electrons. The number of H-pyrrole nitrogens is 1. The third-order valence-electron chi connectivity index (χ3n) is 5.22. The summed E-state index contributed by atoms with van der Waals surface area (Å²) < 4.78 is 33.3. The predicted molar refractivity (Wildman–Crippen MR) is 129 cm³/mol. The number of hydrogen-bond donors (Lipinski definition) is 2. The number of hydrogen-bond acceptors (Lipinski definition) is 5. The number of ether oxygens (including phenoxy) is 1. The van der Waals surface area contributed by atoms with Gasteiger partial charge in [-0.1, -0.05) is 12.1 Å². The first kappa shape index (κ1) is 24.5. The molecule has 1 amide bonds. The van der Waals surface area contributed by atoms with Crippen LogP contribution in [-0.2, 0) is 14.8 Å². The molecule has 2 aromatic carbocycles. The molecule has 2 N–H and O–H groups in total. The highest BCUT2D eigenvalue weighted by Crippen LogP contribution is 2.25. The Morgan fingerprint density at radius 3 is 2.64 bits per heavy atom. The Morgan fingerprint density at radius 2 is 1.94 bits per heavy atom. The normalized spacial score (nSPS) is 11.5. The van der Waals surface area contributed by atoms with Crippen LogP contribution in [-0.4, -0.2) is 45.6 Å². The minimum atomic E-state index is -3.92. The number of nitrogens with zero attached hydrogens (tertiary/aromatic N) is 1. The Kier molecular flexibility index (Phi) is 7.88. The van der Waals surface area contributed by atoms with Crippen LogP contribution in [0.25, 0.3) is 10.9 Å². The van der Waals surface area contributed by atoms with E-state index in [9.17, 15) is 18.0 Å². The summed E-state index contributed by atoms with van der Waals surface area (Å²) in [5, 5.41) is 2.83. The highest BCUT2D eigenvalue weighted by molar-refractivity contribution is 7.92. The standard InChI is InChI=1S/C24H29N3O5S/c1-4-27(18-9-6-8-17(3)14-18)33(30,31)19-10-11-22-20(15-19)23(28)21(16-26-22)24(29)25-12-7-13-32-5-2/h6,8-11,14-16H,4-5,7,12-13H2,1-3H3,(H,25,29)(H,26,28). The summed E-state index contributed by atoms with van der Waals surface area (Å²) in [6.45, 7) is 7.24. The van der Waals surface area contributed by atoms with Crippen molar-refractivity contribution in [2.75, 3.05) is 30.6 Å². The fraction of sp³-hybridized carbons (Fsp3) is 0.333. The molecule has 8 nitrogen and oxygen atoms in total. The van der Waals surface area contributed by atoms with Gasteiger partial charge in [-0.05, 0) is 63.1 Å². The van der Waals surface area contributed by atoms with Gasteiger partial charge in [-0.25, -0.2) is 8.42 Å². The molecule has 0 aliphatic rings. The number of aryl methyl sites for hydroxylation is 1. The van der Waals surface area contributed by atoms with Crippen molar-refractivity contribution in [2.24, 2.45) is 0 Å². The highest BCUT2D eigenvalue weighted by Gasteiger charge is 2.25. The van der Waals surface area contributed by atoms with Crippen LogP contribution < -0.4 is 15.1 Å². The van der Waals surface area contributed by atoms with Gasteiger partial charge in [-0.2, -0.15) is 0 Å². The molecule has 1 aromatic heterocycles. The second-order valence-electron chi connectivity index (χ2n) is 7.55. The number of pyridine rings is 1. The third kappa shape index (κ3) is 5.43. The van der Waals surface area contributed by atoms with Crippen LogP contribution in [0.15, 0.2) is 58.4 Å². The van der Waals surface area contributed by atoms with E-state index in [2.05, 4.69) is 10.3 Å². The van der Waals surface area contributed by atoms with Crippen LogP contribution in [0.4, 0.5) is 5.69 Å². The zero-order valence-corrected chi connectivity index (χ0v) is 19.9. The summed E-state index contributed by atoms with van der Waals surface area (Å²) >= 11 is 0. The molecule has 0 bridgehead atoms. The number of anilines is 1. The van der Waals surface area contributed by atoms with E-state index < -0.39 is 21.4 Å². The molecule has 0 aliphatic heterocycles. The number of fused-ring (bicyclic) bond motifs is 1. The zero-order valence-electron chi connectivity index (χ0n) is 19.1. The van der Waals surface area contributed by atoms with E-state index in [-0.39, 0.29) is 22.4 Å². The van der Waals surface area contributed by atoms with Crippen LogP contribution in [0.2, 0.25) is 0 Å². The SMILES string of the molecule is CCOCCCNC(=O)c1c[nH]c2ccc(S(=O)(=O)N(CC)c3cccc(C)c3)cc2c1=O. The van der Waals surface area contributed by atoms with Crippen LogP contribution in [0.1, 0.15) is 36.2 Å². The smallest absolute Gasteiger partial charge is 0.264 e. The minimum absolute atomic E-state index is 0.0156. The van der Waals surface area contributed by atoms with Crippen molar-refractivity contribution in [3.05, 3.63) is 70.0 Å². The van der Waals surface area contributed by atoms with Crippen molar-refractivity contribution in [3.63, 3.8) is 0 Å². The molecule has 0 saturated heterocycles. The van der Waals surface area contributed by atoms with Crippen LogP contribution >= 0.6 is 0 Å². The van der Waals surface area contributed by atoms with Gasteiger partial charge >= 0.3 is 0 Å². The number of sulfonamides is 1. The Labute approximate surface area is 193 Å². The molecule has 0 unspecified atom stereocenters. The van der Waals surface area contributed by atoms with Crippen molar-refractivity contribution in [1.29, 1.82) is 0 Å². The van der Waals surface area contributed by atoms with Crippen molar-refractivity contribution in [2.45, 2.75) is 32.1 Å². The molecular weight excluding hydrogens is 442 g/mol. The second-order valence-corrected chi connectivity index (χ2v) is 9.42. The molecule has 0 radical (unpaired) electrons. The van der Waals surface area contributed by atoms with Crippen LogP contribution in [0.3, 0.4) is 0 Å². The Balaban J connectivity index is 1.94. The molecule has 9 heteroatoms. The molecule has 0 atom stereocenters. The Hall–Kier alpha value is -3.17. The minimum Gasteiger partial charge on any atom is -0.382 e. The summed E-state index contributed by atoms with van der Waals surface area (Å²) in [6, 6.07) is 11.5. The Morgan fingerprint density at radius 1 is 1.15 bits per heavy atom. The van der Waals surface area contributed by atoms with Gasteiger partial charge in [-0.3, -0.25) is 13.9 Å². The monoisotopic (exact) mass is 471 g/mol. The van der Waals surface area contributed by atoms with E-state index in [4.69, 9.17) is 4.74 Å². The fourth-order valence-corrected chi connectivity index (χ4v) is 5.04. The van der Waals surface area contributed by atoms with Gasteiger partial charge in [0.15, 0.2) is 0 Å². The van der Waals surface area contributed by atoms with E-state index in [0.29, 0.717) is 37.4 Å². The molecule has 0 spiro atoms. The number of carbonyl (C=O) groups is 1. The number of rotatable bonds is 10. The summed E-state index contributed by atoms with van der Waals surface area (Å²) in [4.78, 5) is 28.4. The van der Waals surface area contributed by atoms with Crippen molar-refractivity contribution < 1.29 is 17.9 Å². The van der Waals surface area contributed by atoms with Gasteiger partial charge in [0, 0.05) is 43.4 Å². The average molecular weight is 472 g/mol. The summed E-state index contributed by atoms with van der Waals surface area (Å²) in [6.07, 6.45) is 1.97. The lowest BCUT2D eigenvalue weighted by molar-refractivity contribution is 0.0943. The van der Waals surface area contributed by atoms with E-state index in [1.807, 2.05) is 19.9 Å². The molecule has 33 heavy (non-hydrogen) atoms.